The summed E-state index contributed by atoms with van der Waals surface area (Å²) in [6, 6.07) is 0.648. The number of terminal acetylenes is 1. The average Bonchev–Trinajstić information content (AvgIpc) is 2.81. The van der Waals surface area contributed by atoms with E-state index in [-0.39, 0.29) is 18.0 Å². The van der Waals surface area contributed by atoms with Gasteiger partial charge in [0, 0.05) is 6.04 Å². The minimum atomic E-state index is -0.362. The molecular formula is C14H24N2O2. The van der Waals surface area contributed by atoms with Crippen molar-refractivity contribution in [1.29, 1.82) is 0 Å². The molecule has 0 radical (unpaired) electrons. The molecule has 1 fully saturated rings. The molecule has 2 N–H and O–H groups in total. The Kier molecular flexibility index (Phi) is 6.77. The zero-order valence-corrected chi connectivity index (χ0v) is 11.4. The first-order valence-corrected chi connectivity index (χ1v) is 6.82. The Morgan fingerprint density at radius 2 is 2.17 bits per heavy atom. The monoisotopic (exact) mass is 252 g/mol. The van der Waals surface area contributed by atoms with Crippen LogP contribution in [0.3, 0.4) is 0 Å². The molecule has 0 aromatic carbocycles. The minimum absolute atomic E-state index is 0.00998. The van der Waals surface area contributed by atoms with Gasteiger partial charge < -0.3 is 15.4 Å². The number of carbonyl (C=O) groups is 1. The largest absolute Gasteiger partial charge is 0.378 e. The molecule has 3 atom stereocenters. The van der Waals surface area contributed by atoms with Gasteiger partial charge in [0.25, 0.3) is 5.91 Å². The second-order valence-electron chi connectivity index (χ2n) is 4.78. The van der Waals surface area contributed by atoms with E-state index in [1.807, 2.05) is 0 Å². The zero-order valence-electron chi connectivity index (χ0n) is 11.4. The van der Waals surface area contributed by atoms with Crippen LogP contribution in [-0.4, -0.2) is 37.2 Å². The fraction of sp³-hybridized carbons (Fsp3) is 0.786. The third-order valence-electron chi connectivity index (χ3n) is 3.38. The highest BCUT2D eigenvalue weighted by Crippen LogP contribution is 2.11. The number of ether oxygens (including phenoxy) is 1. The van der Waals surface area contributed by atoms with Crippen molar-refractivity contribution in [1.82, 2.24) is 10.6 Å². The summed E-state index contributed by atoms with van der Waals surface area (Å²) in [5, 5.41) is 6.37. The van der Waals surface area contributed by atoms with E-state index < -0.39 is 0 Å². The van der Waals surface area contributed by atoms with Gasteiger partial charge in [-0.05, 0) is 18.8 Å². The number of amides is 1. The normalized spacial score (nSPS) is 24.5. The van der Waals surface area contributed by atoms with Gasteiger partial charge in [0.1, 0.15) is 0 Å². The molecule has 1 saturated heterocycles. The summed E-state index contributed by atoms with van der Waals surface area (Å²) in [5.41, 5.74) is 0. The summed E-state index contributed by atoms with van der Waals surface area (Å²) in [4.78, 5) is 11.2. The molecule has 0 bridgehead atoms. The lowest BCUT2D eigenvalue weighted by atomic mass is 10.0. The van der Waals surface area contributed by atoms with Crippen molar-refractivity contribution in [3.05, 3.63) is 0 Å². The number of unbranched alkanes of at least 4 members (excludes halogenated alkanes) is 1. The maximum atomic E-state index is 11.2. The Bertz CT molecular complexity index is 299. The molecule has 0 aliphatic carbocycles. The highest BCUT2D eigenvalue weighted by molar-refractivity contribution is 5.93. The second kappa shape index (κ2) is 8.12. The Balaban J connectivity index is 2.43. The van der Waals surface area contributed by atoms with Crippen LogP contribution >= 0.6 is 0 Å². The molecular weight excluding hydrogens is 228 g/mol. The molecule has 0 saturated carbocycles. The summed E-state index contributed by atoms with van der Waals surface area (Å²) in [6.07, 6.45) is 9.75. The Labute approximate surface area is 110 Å². The van der Waals surface area contributed by atoms with Crippen molar-refractivity contribution in [2.24, 2.45) is 0 Å². The van der Waals surface area contributed by atoms with Crippen LogP contribution in [0, 0.1) is 12.3 Å². The zero-order chi connectivity index (χ0) is 13.4. The topological polar surface area (TPSA) is 50.4 Å². The fourth-order valence-electron chi connectivity index (χ4n) is 2.23. The summed E-state index contributed by atoms with van der Waals surface area (Å²) in [6.45, 7) is 5.55. The molecule has 1 aliphatic rings. The van der Waals surface area contributed by atoms with Crippen LogP contribution in [0.1, 0.15) is 39.5 Å². The second-order valence-corrected chi connectivity index (χ2v) is 4.78. The first kappa shape index (κ1) is 15.0. The number of hydrogen-bond donors (Lipinski definition) is 2. The number of nitrogens with one attached hydrogen (secondary N) is 2. The van der Waals surface area contributed by atoms with E-state index in [0.29, 0.717) is 19.3 Å². The van der Waals surface area contributed by atoms with Crippen LogP contribution in [0.5, 0.6) is 0 Å². The summed E-state index contributed by atoms with van der Waals surface area (Å²) in [5.74, 6) is 1.72. The van der Waals surface area contributed by atoms with Gasteiger partial charge in [-0.1, -0.05) is 26.7 Å². The lowest BCUT2D eigenvalue weighted by Crippen LogP contribution is -2.51. The third kappa shape index (κ3) is 4.67. The first-order valence-electron chi connectivity index (χ1n) is 6.82. The van der Waals surface area contributed by atoms with Gasteiger partial charge in [-0.25, -0.2) is 0 Å². The van der Waals surface area contributed by atoms with Crippen molar-refractivity contribution < 1.29 is 9.53 Å². The molecule has 1 heterocycles. The smallest absolute Gasteiger partial charge is 0.295 e. The van der Waals surface area contributed by atoms with Gasteiger partial charge in [0.15, 0.2) is 0 Å². The van der Waals surface area contributed by atoms with Crippen LogP contribution in [0.25, 0.3) is 0 Å². The molecule has 1 unspecified atom stereocenters. The Hall–Kier alpha value is -1.05. The summed E-state index contributed by atoms with van der Waals surface area (Å²) < 4.78 is 5.42. The highest BCUT2D eigenvalue weighted by atomic mass is 16.5. The van der Waals surface area contributed by atoms with Crippen LogP contribution < -0.4 is 10.6 Å². The SMILES string of the molecule is C#CC(=O)N[C@H]1COC[C@H]1NC(CC)CCCC. The van der Waals surface area contributed by atoms with E-state index in [4.69, 9.17) is 11.2 Å². The van der Waals surface area contributed by atoms with E-state index >= 15 is 0 Å². The minimum Gasteiger partial charge on any atom is -0.378 e. The number of rotatable bonds is 7. The van der Waals surface area contributed by atoms with E-state index in [2.05, 4.69) is 30.4 Å². The molecule has 1 aliphatic heterocycles. The molecule has 102 valence electrons. The molecule has 1 rings (SSSR count). The van der Waals surface area contributed by atoms with Gasteiger partial charge in [-0.15, -0.1) is 6.42 Å². The van der Waals surface area contributed by atoms with Gasteiger partial charge in [0.05, 0.1) is 25.3 Å². The standard InChI is InChI=1S/C14H24N2O2/c1-4-7-8-11(5-2)15-12-9-18-10-13(12)16-14(17)6-3/h3,11-13,15H,4-5,7-10H2,1-2H3,(H,16,17)/t11?,12-,13+/m1/s1. The average molecular weight is 252 g/mol. The van der Waals surface area contributed by atoms with Crippen LogP contribution in [0.15, 0.2) is 0 Å². The predicted octanol–water partition coefficient (Wildman–Crippen LogP) is 1.06. The molecule has 1 amide bonds. The highest BCUT2D eigenvalue weighted by Gasteiger charge is 2.30. The molecule has 18 heavy (non-hydrogen) atoms. The van der Waals surface area contributed by atoms with Crippen LogP contribution in [0.4, 0.5) is 0 Å². The summed E-state index contributed by atoms with van der Waals surface area (Å²) >= 11 is 0. The summed E-state index contributed by atoms with van der Waals surface area (Å²) in [7, 11) is 0. The van der Waals surface area contributed by atoms with Gasteiger partial charge in [0.2, 0.25) is 0 Å². The molecule has 0 aromatic rings. The number of carbonyl (C=O) groups excluding carboxylic acids is 1. The quantitative estimate of drug-likeness (QED) is 0.666. The first-order chi connectivity index (χ1) is 8.71. The van der Waals surface area contributed by atoms with Gasteiger partial charge in [-0.3, -0.25) is 4.79 Å². The van der Waals surface area contributed by atoms with Gasteiger partial charge >= 0.3 is 0 Å². The van der Waals surface area contributed by atoms with Crippen molar-refractivity contribution in [3.8, 4) is 12.3 Å². The molecule has 0 aromatic heterocycles. The van der Waals surface area contributed by atoms with Crippen molar-refractivity contribution in [2.75, 3.05) is 13.2 Å². The lowest BCUT2D eigenvalue weighted by molar-refractivity contribution is -0.116. The third-order valence-corrected chi connectivity index (χ3v) is 3.38. The van der Waals surface area contributed by atoms with Crippen LogP contribution in [-0.2, 0) is 9.53 Å². The number of hydrogen-bond acceptors (Lipinski definition) is 3. The van der Waals surface area contributed by atoms with E-state index in [1.54, 1.807) is 0 Å². The van der Waals surface area contributed by atoms with Crippen molar-refractivity contribution >= 4 is 5.91 Å². The van der Waals surface area contributed by atoms with E-state index in [1.165, 1.54) is 19.3 Å². The Morgan fingerprint density at radius 3 is 2.78 bits per heavy atom. The Morgan fingerprint density at radius 1 is 1.44 bits per heavy atom. The maximum Gasteiger partial charge on any atom is 0.295 e. The molecule has 0 spiro atoms. The predicted molar refractivity (Wildman–Crippen MR) is 72.1 cm³/mol. The van der Waals surface area contributed by atoms with Crippen molar-refractivity contribution in [3.63, 3.8) is 0 Å². The molecule has 4 nitrogen and oxygen atoms in total. The van der Waals surface area contributed by atoms with E-state index in [0.717, 1.165) is 6.42 Å². The van der Waals surface area contributed by atoms with E-state index in [9.17, 15) is 4.79 Å². The lowest BCUT2D eigenvalue weighted by Gasteiger charge is -2.25. The van der Waals surface area contributed by atoms with Gasteiger partial charge in [-0.2, -0.15) is 0 Å². The van der Waals surface area contributed by atoms with Crippen molar-refractivity contribution in [2.45, 2.75) is 57.7 Å². The van der Waals surface area contributed by atoms with Crippen LogP contribution in [0.2, 0.25) is 0 Å². The fourth-order valence-corrected chi connectivity index (χ4v) is 2.23. The molecule has 4 heteroatoms. The maximum absolute atomic E-state index is 11.2.